The molecule has 0 spiro atoms. The number of likely N-dealkylation sites (N-methyl/N-ethyl adjacent to an activating group) is 1. The maximum Gasteiger partial charge on any atom is 0.261 e. The van der Waals surface area contributed by atoms with Crippen LogP contribution in [0.2, 0.25) is 0 Å². The second-order valence-electron chi connectivity index (χ2n) is 10.2. The van der Waals surface area contributed by atoms with Gasteiger partial charge in [0.2, 0.25) is 5.91 Å². The van der Waals surface area contributed by atoms with E-state index in [0.29, 0.717) is 38.8 Å². The summed E-state index contributed by atoms with van der Waals surface area (Å²) in [4.78, 5) is 64.4. The molecule has 10 nitrogen and oxygen atoms in total. The number of carbonyl (C=O) groups is 4. The fourth-order valence-corrected chi connectivity index (χ4v) is 6.36. The number of aromatic nitrogens is 2. The van der Waals surface area contributed by atoms with E-state index in [1.807, 2.05) is 6.92 Å². The molecule has 0 unspecified atom stereocenters. The summed E-state index contributed by atoms with van der Waals surface area (Å²) in [6, 6.07) is 13.6. The lowest BCUT2D eigenvalue weighted by atomic mass is 10.0. The van der Waals surface area contributed by atoms with Crippen LogP contribution in [0.3, 0.4) is 0 Å². The molecular weight excluding hydrogens is 559 g/mol. The number of hydrogen-bond donors (Lipinski definition) is 2. The van der Waals surface area contributed by atoms with E-state index in [1.165, 1.54) is 29.8 Å². The van der Waals surface area contributed by atoms with Crippen LogP contribution in [0.15, 0.2) is 60.9 Å². The van der Waals surface area contributed by atoms with Crippen molar-refractivity contribution >= 4 is 46.5 Å². The molecule has 1 atom stereocenters. The van der Waals surface area contributed by atoms with Crippen molar-refractivity contribution in [3.05, 3.63) is 93.9 Å². The Bertz CT molecular complexity index is 1740. The van der Waals surface area contributed by atoms with E-state index in [1.54, 1.807) is 54.4 Å². The van der Waals surface area contributed by atoms with Gasteiger partial charge >= 0.3 is 0 Å². The highest BCUT2D eigenvalue weighted by Crippen LogP contribution is 2.40. The van der Waals surface area contributed by atoms with Gasteiger partial charge in [-0.25, -0.2) is 14.4 Å². The van der Waals surface area contributed by atoms with Crippen molar-refractivity contribution in [3.8, 4) is 10.6 Å². The van der Waals surface area contributed by atoms with Crippen LogP contribution < -0.4 is 15.5 Å². The van der Waals surface area contributed by atoms with Crippen molar-refractivity contribution in [1.82, 2.24) is 20.2 Å². The summed E-state index contributed by atoms with van der Waals surface area (Å²) in [5.41, 5.74) is 3.28. The highest BCUT2D eigenvalue weighted by molar-refractivity contribution is 7.17. The molecule has 0 aliphatic carbocycles. The topological polar surface area (TPSA) is 125 Å². The Labute approximate surface area is 244 Å². The molecule has 0 saturated heterocycles. The van der Waals surface area contributed by atoms with E-state index in [2.05, 4.69) is 20.6 Å². The second-order valence-corrected chi connectivity index (χ2v) is 11.3. The van der Waals surface area contributed by atoms with E-state index in [-0.39, 0.29) is 25.4 Å². The van der Waals surface area contributed by atoms with Gasteiger partial charge in [0.1, 0.15) is 23.5 Å². The van der Waals surface area contributed by atoms with Crippen LogP contribution in [0, 0.1) is 12.7 Å². The number of hydrogen-bond acceptors (Lipinski definition) is 8. The number of amides is 4. The van der Waals surface area contributed by atoms with Gasteiger partial charge in [-0.15, -0.1) is 11.3 Å². The summed E-state index contributed by atoms with van der Waals surface area (Å²) in [5, 5.41) is 5.73. The highest BCUT2D eigenvalue weighted by atomic mass is 32.1. The lowest BCUT2D eigenvalue weighted by Gasteiger charge is -2.27. The number of thiophene rings is 1. The zero-order valence-electron chi connectivity index (χ0n) is 22.7. The summed E-state index contributed by atoms with van der Waals surface area (Å²) in [6.45, 7) is 1.92. The van der Waals surface area contributed by atoms with Gasteiger partial charge < -0.3 is 15.5 Å². The molecule has 0 saturated carbocycles. The number of fused-ring (bicyclic) bond motifs is 2. The summed E-state index contributed by atoms with van der Waals surface area (Å²) in [6.07, 6.45) is 1.56. The van der Waals surface area contributed by atoms with E-state index in [0.717, 1.165) is 15.3 Å². The first-order chi connectivity index (χ1) is 20.2. The number of anilines is 2. The Morgan fingerprint density at radius 2 is 1.81 bits per heavy atom. The number of nitrogens with zero attached hydrogens (tertiary/aromatic N) is 4. The molecule has 0 radical (unpaired) electrons. The van der Waals surface area contributed by atoms with Gasteiger partial charge in [-0.05, 0) is 54.8 Å². The Balaban J connectivity index is 1.28. The van der Waals surface area contributed by atoms with Crippen LogP contribution in [0.5, 0.6) is 0 Å². The molecule has 2 aromatic heterocycles. The summed E-state index contributed by atoms with van der Waals surface area (Å²) in [5.74, 6) is -1.49. The van der Waals surface area contributed by atoms with E-state index < -0.39 is 29.6 Å². The Kier molecular flexibility index (Phi) is 6.99. The molecule has 212 valence electrons. The minimum absolute atomic E-state index is 0.0876. The minimum Gasteiger partial charge on any atom is -0.360 e. The van der Waals surface area contributed by atoms with Gasteiger partial charge in [0.15, 0.2) is 5.82 Å². The smallest absolute Gasteiger partial charge is 0.261 e. The maximum absolute atomic E-state index is 14.0. The molecule has 0 bridgehead atoms. The van der Waals surface area contributed by atoms with Crippen LogP contribution in [0.25, 0.3) is 10.6 Å². The number of aryl methyl sites for hydroxylation is 1. The summed E-state index contributed by atoms with van der Waals surface area (Å²) < 4.78 is 14.0. The molecule has 6 rings (SSSR count). The van der Waals surface area contributed by atoms with Gasteiger partial charge in [0, 0.05) is 13.6 Å². The molecule has 42 heavy (non-hydrogen) atoms. The number of benzene rings is 2. The zero-order chi connectivity index (χ0) is 29.5. The van der Waals surface area contributed by atoms with Crippen LogP contribution >= 0.6 is 11.3 Å². The fraction of sp³-hybridized carbons (Fsp3) is 0.200. The molecule has 2 aliphatic rings. The van der Waals surface area contributed by atoms with Crippen molar-refractivity contribution in [1.29, 1.82) is 0 Å². The van der Waals surface area contributed by atoms with Crippen LogP contribution in [0.4, 0.5) is 15.9 Å². The molecule has 0 fully saturated rings. The standard InChI is InChI=1S/C30H25FN6O4S/c1-16-10-22(42-26(16)24-25-27(33-15-32-24)35-23(38)14-36(25)2)28(39)34-19(12-17-6-5-7-18(31)11-17)13-37-29(40)20-8-3-4-9-21(20)30(37)41/h3-11,15,19H,12-14H2,1-2H3,(H,34,39)(H,32,33,35,38)/t19-/m0/s1. The first-order valence-electron chi connectivity index (χ1n) is 13.2. The second kappa shape index (κ2) is 10.8. The quantitative estimate of drug-likeness (QED) is 0.318. The fourth-order valence-electron chi connectivity index (χ4n) is 5.28. The van der Waals surface area contributed by atoms with Gasteiger partial charge in [0.05, 0.1) is 33.5 Å². The third kappa shape index (κ3) is 5.00. The number of carbonyl (C=O) groups excluding carboxylic acids is 4. The number of rotatable bonds is 7. The monoisotopic (exact) mass is 584 g/mol. The molecule has 4 aromatic rings. The Morgan fingerprint density at radius 1 is 1.07 bits per heavy atom. The van der Waals surface area contributed by atoms with Crippen molar-refractivity contribution in [2.24, 2.45) is 0 Å². The lowest BCUT2D eigenvalue weighted by Crippen LogP contribution is -2.46. The van der Waals surface area contributed by atoms with Crippen molar-refractivity contribution < 1.29 is 23.6 Å². The van der Waals surface area contributed by atoms with Gasteiger partial charge in [-0.1, -0.05) is 24.3 Å². The highest BCUT2D eigenvalue weighted by Gasteiger charge is 2.37. The average Bonchev–Trinajstić information content (AvgIpc) is 3.46. The molecular formula is C30H25FN6O4S. The van der Waals surface area contributed by atoms with Crippen LogP contribution in [-0.4, -0.2) is 64.7 Å². The van der Waals surface area contributed by atoms with E-state index in [4.69, 9.17) is 0 Å². The summed E-state index contributed by atoms with van der Waals surface area (Å²) in [7, 11) is 1.78. The Hall–Kier alpha value is -4.97. The van der Waals surface area contributed by atoms with Gasteiger partial charge in [0.25, 0.3) is 17.7 Å². The van der Waals surface area contributed by atoms with E-state index >= 15 is 0 Å². The predicted octanol–water partition coefficient (Wildman–Crippen LogP) is 3.68. The molecule has 2 aliphatic heterocycles. The number of halogens is 1. The number of nitrogens with one attached hydrogen (secondary N) is 2. The number of imide groups is 1. The first kappa shape index (κ1) is 27.2. The lowest BCUT2D eigenvalue weighted by molar-refractivity contribution is -0.115. The van der Waals surface area contributed by atoms with Gasteiger partial charge in [-0.3, -0.25) is 24.1 Å². The van der Waals surface area contributed by atoms with Gasteiger partial charge in [-0.2, -0.15) is 0 Å². The molecule has 2 aromatic carbocycles. The van der Waals surface area contributed by atoms with Crippen molar-refractivity contribution in [2.45, 2.75) is 19.4 Å². The van der Waals surface area contributed by atoms with Crippen molar-refractivity contribution in [3.63, 3.8) is 0 Å². The predicted molar refractivity (Wildman–Crippen MR) is 155 cm³/mol. The third-order valence-corrected chi connectivity index (χ3v) is 8.43. The first-order valence-corrected chi connectivity index (χ1v) is 14.0. The van der Waals surface area contributed by atoms with E-state index in [9.17, 15) is 23.6 Å². The summed E-state index contributed by atoms with van der Waals surface area (Å²) >= 11 is 1.23. The van der Waals surface area contributed by atoms with Crippen LogP contribution in [0.1, 0.15) is 41.5 Å². The third-order valence-electron chi connectivity index (χ3n) is 7.19. The molecule has 2 N–H and O–H groups in total. The molecule has 4 amide bonds. The SMILES string of the molecule is Cc1cc(C(=O)N[C@@H](Cc2cccc(F)c2)CN2C(=O)c3ccccc3C2=O)sc1-c1ncnc2c1N(C)CC(=O)N2. The molecule has 4 heterocycles. The minimum atomic E-state index is -0.694. The average molecular weight is 585 g/mol. The Morgan fingerprint density at radius 3 is 2.52 bits per heavy atom. The zero-order valence-corrected chi connectivity index (χ0v) is 23.5. The maximum atomic E-state index is 14.0. The molecule has 12 heteroatoms. The van der Waals surface area contributed by atoms with Crippen molar-refractivity contribution in [2.75, 3.05) is 30.4 Å². The van der Waals surface area contributed by atoms with Crippen LogP contribution in [-0.2, 0) is 11.2 Å². The normalized spacial score (nSPS) is 14.9. The largest absolute Gasteiger partial charge is 0.360 e.